The van der Waals surface area contributed by atoms with Gasteiger partial charge in [0.1, 0.15) is 0 Å². The molecule has 0 aliphatic rings. The predicted molar refractivity (Wildman–Crippen MR) is 96.4 cm³/mol. The SMILES string of the molecule is CN(Cc1ccccc1)C(=O)CCC(=O)/C=C/Cc1ccccc1. The maximum absolute atomic E-state index is 12.1. The molecule has 0 aromatic heterocycles. The van der Waals surface area contributed by atoms with Crippen molar-refractivity contribution in [1.29, 1.82) is 0 Å². The summed E-state index contributed by atoms with van der Waals surface area (Å²) in [4.78, 5) is 25.6. The van der Waals surface area contributed by atoms with E-state index in [1.54, 1.807) is 18.0 Å². The lowest BCUT2D eigenvalue weighted by atomic mass is 10.1. The third kappa shape index (κ3) is 6.21. The molecule has 0 atom stereocenters. The van der Waals surface area contributed by atoms with Crippen molar-refractivity contribution in [3.05, 3.63) is 83.9 Å². The fraction of sp³-hybridized carbons (Fsp3) is 0.238. The number of ketones is 1. The van der Waals surface area contributed by atoms with Gasteiger partial charge in [-0.05, 0) is 23.6 Å². The quantitative estimate of drug-likeness (QED) is 0.694. The minimum atomic E-state index is -0.0105. The Morgan fingerprint density at radius 3 is 2.08 bits per heavy atom. The summed E-state index contributed by atoms with van der Waals surface area (Å²) in [6.07, 6.45) is 4.67. The number of rotatable bonds is 8. The highest BCUT2D eigenvalue weighted by Crippen LogP contribution is 2.06. The van der Waals surface area contributed by atoms with Crippen LogP contribution >= 0.6 is 0 Å². The van der Waals surface area contributed by atoms with Crippen LogP contribution in [0.25, 0.3) is 0 Å². The molecule has 1 amide bonds. The lowest BCUT2D eigenvalue weighted by Crippen LogP contribution is -2.26. The van der Waals surface area contributed by atoms with Crippen LogP contribution in [0.2, 0.25) is 0 Å². The van der Waals surface area contributed by atoms with Gasteiger partial charge in [-0.25, -0.2) is 0 Å². The van der Waals surface area contributed by atoms with Gasteiger partial charge >= 0.3 is 0 Å². The van der Waals surface area contributed by atoms with Crippen LogP contribution in [0.4, 0.5) is 0 Å². The third-order valence-corrected chi connectivity index (χ3v) is 3.77. The maximum Gasteiger partial charge on any atom is 0.223 e. The van der Waals surface area contributed by atoms with Crippen molar-refractivity contribution < 1.29 is 9.59 Å². The smallest absolute Gasteiger partial charge is 0.223 e. The van der Waals surface area contributed by atoms with Gasteiger partial charge in [0.15, 0.2) is 5.78 Å². The highest BCUT2D eigenvalue weighted by atomic mass is 16.2. The number of allylic oxidation sites excluding steroid dienone is 2. The van der Waals surface area contributed by atoms with Gasteiger partial charge in [0.2, 0.25) is 5.91 Å². The van der Waals surface area contributed by atoms with Crippen LogP contribution in [0.5, 0.6) is 0 Å². The molecule has 2 rings (SSSR count). The standard InChI is InChI=1S/C21H23NO2/c1-22(17-19-11-6-3-7-12-19)21(24)16-15-20(23)14-8-13-18-9-4-2-5-10-18/h2-12,14H,13,15-17H2,1H3/b14-8+. The molecule has 0 spiro atoms. The Morgan fingerprint density at radius 1 is 0.875 bits per heavy atom. The van der Waals surface area contributed by atoms with Gasteiger partial charge in [0.25, 0.3) is 0 Å². The average molecular weight is 321 g/mol. The second kappa shape index (κ2) is 9.46. The summed E-state index contributed by atoms with van der Waals surface area (Å²) in [6.45, 7) is 0.567. The molecule has 3 heteroatoms. The van der Waals surface area contributed by atoms with Gasteiger partial charge in [-0.3, -0.25) is 9.59 Å². The number of hydrogen-bond donors (Lipinski definition) is 0. The van der Waals surface area contributed by atoms with Crippen molar-refractivity contribution in [3.63, 3.8) is 0 Å². The average Bonchev–Trinajstić information content (AvgIpc) is 2.61. The number of carbonyl (C=O) groups is 2. The molecule has 0 aliphatic heterocycles. The second-order valence-electron chi connectivity index (χ2n) is 5.79. The van der Waals surface area contributed by atoms with Crippen molar-refractivity contribution >= 4 is 11.7 Å². The Kier molecular flexibility index (Phi) is 6.96. The van der Waals surface area contributed by atoms with E-state index >= 15 is 0 Å². The fourth-order valence-electron chi connectivity index (χ4n) is 2.39. The van der Waals surface area contributed by atoms with E-state index in [0.29, 0.717) is 6.54 Å². The highest BCUT2D eigenvalue weighted by Gasteiger charge is 2.10. The zero-order chi connectivity index (χ0) is 17.2. The van der Waals surface area contributed by atoms with Crippen molar-refractivity contribution in [1.82, 2.24) is 4.90 Å². The molecule has 0 N–H and O–H groups in total. The number of hydrogen-bond acceptors (Lipinski definition) is 2. The van der Waals surface area contributed by atoms with Crippen LogP contribution in [-0.4, -0.2) is 23.6 Å². The molecule has 0 saturated carbocycles. The van der Waals surface area contributed by atoms with Gasteiger partial charge in [-0.15, -0.1) is 0 Å². The van der Waals surface area contributed by atoms with Gasteiger partial charge < -0.3 is 4.90 Å². The van der Waals surface area contributed by atoms with E-state index < -0.39 is 0 Å². The Hall–Kier alpha value is -2.68. The van der Waals surface area contributed by atoms with Crippen molar-refractivity contribution in [3.8, 4) is 0 Å². The molecular formula is C21H23NO2. The molecule has 3 nitrogen and oxygen atoms in total. The molecule has 0 radical (unpaired) electrons. The number of amides is 1. The van der Waals surface area contributed by atoms with Gasteiger partial charge in [-0.2, -0.15) is 0 Å². The summed E-state index contributed by atoms with van der Waals surface area (Å²) in [5.74, 6) is -0.0175. The van der Waals surface area contributed by atoms with E-state index in [4.69, 9.17) is 0 Å². The van der Waals surface area contributed by atoms with Crippen molar-refractivity contribution in [2.75, 3.05) is 7.05 Å². The first-order valence-corrected chi connectivity index (χ1v) is 8.16. The molecule has 124 valence electrons. The molecule has 0 saturated heterocycles. The minimum Gasteiger partial charge on any atom is -0.341 e. The third-order valence-electron chi connectivity index (χ3n) is 3.77. The van der Waals surface area contributed by atoms with Crippen LogP contribution in [0.15, 0.2) is 72.8 Å². The molecule has 2 aromatic carbocycles. The van der Waals surface area contributed by atoms with E-state index in [0.717, 1.165) is 12.0 Å². The van der Waals surface area contributed by atoms with E-state index in [1.807, 2.05) is 66.7 Å². The lowest BCUT2D eigenvalue weighted by Gasteiger charge is -2.16. The van der Waals surface area contributed by atoms with E-state index in [9.17, 15) is 9.59 Å². The summed E-state index contributed by atoms with van der Waals surface area (Å²) in [6, 6.07) is 19.8. The summed E-state index contributed by atoms with van der Waals surface area (Å²) >= 11 is 0. The van der Waals surface area contributed by atoms with Gasteiger partial charge in [-0.1, -0.05) is 66.7 Å². The summed E-state index contributed by atoms with van der Waals surface area (Å²) < 4.78 is 0. The molecular weight excluding hydrogens is 298 g/mol. The topological polar surface area (TPSA) is 37.4 Å². The van der Waals surface area contributed by atoms with Crippen LogP contribution < -0.4 is 0 Å². The molecule has 0 heterocycles. The van der Waals surface area contributed by atoms with E-state index in [2.05, 4.69) is 0 Å². The fourth-order valence-corrected chi connectivity index (χ4v) is 2.39. The largest absolute Gasteiger partial charge is 0.341 e. The highest BCUT2D eigenvalue weighted by molar-refractivity contribution is 5.92. The van der Waals surface area contributed by atoms with E-state index in [1.165, 1.54) is 5.56 Å². The Bertz CT molecular complexity index is 677. The monoisotopic (exact) mass is 321 g/mol. The maximum atomic E-state index is 12.1. The van der Waals surface area contributed by atoms with Crippen molar-refractivity contribution in [2.45, 2.75) is 25.8 Å². The van der Waals surface area contributed by atoms with E-state index in [-0.39, 0.29) is 24.5 Å². The Balaban J connectivity index is 1.71. The first-order valence-electron chi connectivity index (χ1n) is 8.16. The summed E-state index contributed by atoms with van der Waals surface area (Å²) in [5.41, 5.74) is 2.25. The Labute approximate surface area is 143 Å². The van der Waals surface area contributed by atoms with Crippen LogP contribution in [-0.2, 0) is 22.6 Å². The first-order chi connectivity index (χ1) is 11.6. The minimum absolute atomic E-state index is 0.00704. The van der Waals surface area contributed by atoms with Crippen molar-refractivity contribution in [2.24, 2.45) is 0 Å². The van der Waals surface area contributed by atoms with Crippen LogP contribution in [0.3, 0.4) is 0 Å². The molecule has 0 bridgehead atoms. The molecule has 2 aromatic rings. The number of benzene rings is 2. The second-order valence-corrected chi connectivity index (χ2v) is 5.79. The summed E-state index contributed by atoms with van der Waals surface area (Å²) in [7, 11) is 1.77. The number of carbonyl (C=O) groups excluding carboxylic acids is 2. The van der Waals surface area contributed by atoms with Gasteiger partial charge in [0.05, 0.1) is 0 Å². The molecule has 0 fully saturated rings. The zero-order valence-electron chi connectivity index (χ0n) is 14.0. The molecule has 0 aliphatic carbocycles. The molecule has 0 unspecified atom stereocenters. The summed E-state index contributed by atoms with van der Waals surface area (Å²) in [5, 5.41) is 0. The van der Waals surface area contributed by atoms with Crippen LogP contribution in [0, 0.1) is 0 Å². The Morgan fingerprint density at radius 2 is 1.46 bits per heavy atom. The first kappa shape index (κ1) is 17.7. The normalized spacial score (nSPS) is 10.7. The predicted octanol–water partition coefficient (Wildman–Crippen LogP) is 3.79. The zero-order valence-corrected chi connectivity index (χ0v) is 14.0. The lowest BCUT2D eigenvalue weighted by molar-refractivity contribution is -0.131. The van der Waals surface area contributed by atoms with Crippen LogP contribution in [0.1, 0.15) is 24.0 Å². The molecule has 24 heavy (non-hydrogen) atoms. The number of nitrogens with zero attached hydrogens (tertiary/aromatic N) is 1. The van der Waals surface area contributed by atoms with Gasteiger partial charge in [0, 0.05) is 26.4 Å².